The molecule has 0 aliphatic heterocycles. The standard InChI is InChI=1S/C6H18O14P4/c7-5(21(9,10)11,22(12,13)14)3-1-2-4-6(8,23(15,16)17)24(18,19)20/h7-8H,1-4H2,(H2,9,10,11)(H2,12,13,14)(H2,15,16,17)(H2,18,19,20)/p-2. The van der Waals surface area contributed by atoms with Gasteiger partial charge in [-0.15, -0.1) is 0 Å². The van der Waals surface area contributed by atoms with Gasteiger partial charge >= 0.3 is 15.2 Å². The van der Waals surface area contributed by atoms with Gasteiger partial charge in [-0.1, -0.05) is 0 Å². The highest BCUT2D eigenvalue weighted by atomic mass is 31.2. The SMILES string of the molecule is O=P([O-])(O)C(O)(CCCCC(O)(P(=O)([O-])O)P(=O)(O)O)P(=O)(O)O. The van der Waals surface area contributed by atoms with Crippen LogP contribution in [0.2, 0.25) is 0 Å². The molecule has 0 aromatic rings. The molecule has 146 valence electrons. The van der Waals surface area contributed by atoms with Crippen LogP contribution in [0.5, 0.6) is 0 Å². The highest BCUT2D eigenvalue weighted by Gasteiger charge is 2.54. The monoisotopic (exact) mass is 436 g/mol. The fourth-order valence-electron chi connectivity index (χ4n) is 1.63. The van der Waals surface area contributed by atoms with Gasteiger partial charge in [-0.3, -0.25) is 9.13 Å². The molecule has 0 radical (unpaired) electrons. The summed E-state index contributed by atoms with van der Waals surface area (Å²) in [6.07, 6.45) is -4.31. The maximum atomic E-state index is 11.0. The van der Waals surface area contributed by atoms with Gasteiger partial charge in [-0.2, -0.15) is 0 Å². The highest BCUT2D eigenvalue weighted by molar-refractivity contribution is 7.71. The van der Waals surface area contributed by atoms with Gasteiger partial charge in [0.25, 0.3) is 0 Å². The summed E-state index contributed by atoms with van der Waals surface area (Å²) in [4.78, 5) is 74.6. The van der Waals surface area contributed by atoms with Gasteiger partial charge in [0.05, 0.1) is 0 Å². The van der Waals surface area contributed by atoms with E-state index in [0.717, 1.165) is 0 Å². The van der Waals surface area contributed by atoms with Crippen LogP contribution in [0.1, 0.15) is 25.7 Å². The summed E-state index contributed by atoms with van der Waals surface area (Å²) in [6.45, 7) is 0. The maximum Gasteiger partial charge on any atom is 0.365 e. The molecular formula is C6H16O14P4-2. The fraction of sp³-hybridized carbons (Fsp3) is 1.00. The molecule has 0 amide bonds. The lowest BCUT2D eigenvalue weighted by molar-refractivity contribution is -0.208. The van der Waals surface area contributed by atoms with Crippen LogP contribution in [0, 0.1) is 0 Å². The number of hydrogen-bond acceptors (Lipinski definition) is 8. The lowest BCUT2D eigenvalue weighted by Crippen LogP contribution is -2.35. The van der Waals surface area contributed by atoms with Gasteiger partial charge in [0.15, 0.2) is 15.2 Å². The Kier molecular flexibility index (Phi) is 7.42. The average molecular weight is 436 g/mol. The van der Waals surface area contributed by atoms with Crippen LogP contribution in [0.25, 0.3) is 0 Å². The molecule has 0 saturated heterocycles. The number of unbranched alkanes of at least 4 members (excludes halogenated alkanes) is 1. The molecule has 0 rings (SSSR count). The second kappa shape index (κ2) is 7.26. The molecule has 4 unspecified atom stereocenters. The molecule has 0 bridgehead atoms. The van der Waals surface area contributed by atoms with E-state index >= 15 is 0 Å². The first-order chi connectivity index (χ1) is 10.2. The third-order valence-corrected chi connectivity index (χ3v) is 10.8. The summed E-state index contributed by atoms with van der Waals surface area (Å²) >= 11 is 0. The van der Waals surface area contributed by atoms with Gasteiger partial charge in [0.1, 0.15) is 0 Å². The van der Waals surface area contributed by atoms with Crippen molar-refractivity contribution >= 4 is 30.4 Å². The molecular weight excluding hydrogens is 420 g/mol. The van der Waals surface area contributed by atoms with Crippen LogP contribution in [0.3, 0.4) is 0 Å². The van der Waals surface area contributed by atoms with E-state index in [1.165, 1.54) is 0 Å². The molecule has 0 aliphatic rings. The Bertz CT molecular complexity index is 532. The second-order valence-electron chi connectivity index (χ2n) is 4.88. The minimum absolute atomic E-state index is 0.809. The number of rotatable bonds is 9. The summed E-state index contributed by atoms with van der Waals surface area (Å²) in [7, 11) is -23.6. The quantitative estimate of drug-likeness (QED) is 0.135. The highest BCUT2D eigenvalue weighted by Crippen LogP contribution is 2.69. The minimum Gasteiger partial charge on any atom is -0.776 e. The zero-order chi connectivity index (χ0) is 19.8. The van der Waals surface area contributed by atoms with Crippen LogP contribution in [0.4, 0.5) is 0 Å². The van der Waals surface area contributed by atoms with Gasteiger partial charge in [-0.25, -0.2) is 0 Å². The average Bonchev–Trinajstić information content (AvgIpc) is 2.28. The first-order valence-corrected chi connectivity index (χ1v) is 12.2. The van der Waals surface area contributed by atoms with E-state index in [0.29, 0.717) is 0 Å². The zero-order valence-electron chi connectivity index (χ0n) is 11.6. The van der Waals surface area contributed by atoms with Crippen LogP contribution in [-0.4, -0.2) is 49.7 Å². The van der Waals surface area contributed by atoms with Crippen molar-refractivity contribution in [2.75, 3.05) is 0 Å². The molecule has 18 heteroatoms. The van der Waals surface area contributed by atoms with Crippen molar-refractivity contribution in [2.45, 2.75) is 35.8 Å². The number of hydrogen-bond donors (Lipinski definition) is 8. The fourth-order valence-corrected chi connectivity index (χ4v) is 6.04. The minimum atomic E-state index is -5.99. The predicted molar refractivity (Wildman–Crippen MR) is 72.1 cm³/mol. The Balaban J connectivity index is 5.25. The smallest absolute Gasteiger partial charge is 0.365 e. The van der Waals surface area contributed by atoms with Crippen molar-refractivity contribution < 1.29 is 67.6 Å². The summed E-state index contributed by atoms with van der Waals surface area (Å²) in [5, 5.41) is 11.1. The van der Waals surface area contributed by atoms with Crippen LogP contribution < -0.4 is 9.79 Å². The maximum absolute atomic E-state index is 11.0. The molecule has 4 atom stereocenters. The Morgan fingerprint density at radius 3 is 0.958 bits per heavy atom. The summed E-state index contributed by atoms with van der Waals surface area (Å²) in [6, 6.07) is 0. The largest absolute Gasteiger partial charge is 0.776 e. The normalized spacial score (nSPS) is 23.6. The summed E-state index contributed by atoms with van der Waals surface area (Å²) in [5.74, 6) is 0. The van der Waals surface area contributed by atoms with Crippen LogP contribution >= 0.6 is 30.4 Å². The van der Waals surface area contributed by atoms with E-state index in [1.54, 1.807) is 0 Å². The summed E-state index contributed by atoms with van der Waals surface area (Å²) < 4.78 is 43.9. The van der Waals surface area contributed by atoms with E-state index in [-0.39, 0.29) is 0 Å². The molecule has 24 heavy (non-hydrogen) atoms. The van der Waals surface area contributed by atoms with Gasteiger partial charge in [0.2, 0.25) is 10.2 Å². The molecule has 0 heterocycles. The summed E-state index contributed by atoms with van der Waals surface area (Å²) in [5.41, 5.74) is 0. The molecule has 0 saturated carbocycles. The molecule has 0 spiro atoms. The van der Waals surface area contributed by atoms with E-state index in [4.69, 9.17) is 29.4 Å². The predicted octanol–water partition coefficient (Wildman–Crippen LogP) is -2.71. The Morgan fingerprint density at radius 2 is 0.833 bits per heavy atom. The van der Waals surface area contributed by atoms with Crippen molar-refractivity contribution in [3.05, 3.63) is 0 Å². The third-order valence-electron chi connectivity index (χ3n) is 3.11. The first kappa shape index (κ1) is 24.5. The first-order valence-electron chi connectivity index (χ1n) is 5.84. The Hall–Kier alpha value is 0.520. The molecule has 8 N–H and O–H groups in total. The Morgan fingerprint density at radius 1 is 0.625 bits per heavy atom. The van der Waals surface area contributed by atoms with E-state index in [1.807, 2.05) is 0 Å². The van der Waals surface area contributed by atoms with E-state index in [2.05, 4.69) is 0 Å². The molecule has 0 aliphatic carbocycles. The molecule has 0 aromatic heterocycles. The van der Waals surface area contributed by atoms with Gasteiger partial charge < -0.3 is 58.5 Å². The van der Waals surface area contributed by atoms with E-state index in [9.17, 15) is 38.3 Å². The van der Waals surface area contributed by atoms with Crippen molar-refractivity contribution in [1.82, 2.24) is 0 Å². The van der Waals surface area contributed by atoms with Crippen LogP contribution in [-0.2, 0) is 18.3 Å². The lowest BCUT2D eigenvalue weighted by Gasteiger charge is -2.38. The Labute approximate surface area is 134 Å². The third kappa shape index (κ3) is 5.03. The van der Waals surface area contributed by atoms with Crippen molar-refractivity contribution in [3.63, 3.8) is 0 Å². The zero-order valence-corrected chi connectivity index (χ0v) is 15.2. The lowest BCUT2D eigenvalue weighted by atomic mass is 10.2. The van der Waals surface area contributed by atoms with Crippen molar-refractivity contribution in [1.29, 1.82) is 0 Å². The molecule has 0 aromatic carbocycles. The molecule has 14 nitrogen and oxygen atoms in total. The second-order valence-corrected chi connectivity index (χ2v) is 12.8. The number of aliphatic hydroxyl groups is 2. The van der Waals surface area contributed by atoms with E-state index < -0.39 is 66.2 Å². The van der Waals surface area contributed by atoms with Crippen LogP contribution in [0.15, 0.2) is 0 Å². The van der Waals surface area contributed by atoms with Gasteiger partial charge in [0, 0.05) is 0 Å². The molecule has 0 fully saturated rings. The van der Waals surface area contributed by atoms with Gasteiger partial charge in [-0.05, 0) is 25.7 Å². The van der Waals surface area contributed by atoms with Crippen molar-refractivity contribution in [2.24, 2.45) is 0 Å². The van der Waals surface area contributed by atoms with Crippen molar-refractivity contribution in [3.8, 4) is 0 Å². The topological polar surface area (TPSA) is 276 Å².